The largest absolute Gasteiger partial charge is 0.493 e. The van der Waals surface area contributed by atoms with Gasteiger partial charge in [-0.2, -0.15) is 0 Å². The lowest BCUT2D eigenvalue weighted by Crippen LogP contribution is -2.01. The first-order valence-corrected chi connectivity index (χ1v) is 6.57. The van der Waals surface area contributed by atoms with E-state index in [2.05, 4.69) is 4.98 Å². The van der Waals surface area contributed by atoms with Gasteiger partial charge in [0.25, 0.3) is 0 Å². The lowest BCUT2D eigenvalue weighted by molar-refractivity contribution is 0.104. The first-order valence-electron chi connectivity index (χ1n) is 6.57. The zero-order valence-electron chi connectivity index (χ0n) is 11.8. The van der Waals surface area contributed by atoms with E-state index >= 15 is 0 Å². The highest BCUT2D eigenvalue weighted by molar-refractivity contribution is 6.16. The van der Waals surface area contributed by atoms with E-state index in [-0.39, 0.29) is 5.78 Å². The normalized spacial score (nSPS) is 10.6. The van der Waals surface area contributed by atoms with Gasteiger partial charge in [-0.05, 0) is 24.3 Å². The average Bonchev–Trinajstić information content (AvgIpc) is 2.97. The van der Waals surface area contributed by atoms with Crippen LogP contribution in [0, 0.1) is 0 Å². The van der Waals surface area contributed by atoms with Gasteiger partial charge in [-0.1, -0.05) is 18.2 Å². The Kier molecular flexibility index (Phi) is 3.36. The summed E-state index contributed by atoms with van der Waals surface area (Å²) in [7, 11) is 3.12. The minimum absolute atomic E-state index is 0.0478. The molecule has 4 heteroatoms. The third kappa shape index (κ3) is 2.25. The van der Waals surface area contributed by atoms with Crippen LogP contribution in [0.25, 0.3) is 10.9 Å². The summed E-state index contributed by atoms with van der Waals surface area (Å²) < 4.78 is 10.4. The number of aromatic nitrogens is 1. The molecule has 2 aromatic carbocycles. The van der Waals surface area contributed by atoms with Crippen LogP contribution in [0.3, 0.4) is 0 Å². The van der Waals surface area contributed by atoms with Crippen molar-refractivity contribution in [2.75, 3.05) is 14.2 Å². The third-order valence-corrected chi connectivity index (χ3v) is 3.48. The molecule has 0 amide bonds. The molecule has 0 radical (unpaired) electrons. The number of carbonyl (C=O) groups excluding carboxylic acids is 1. The van der Waals surface area contributed by atoms with Crippen LogP contribution in [0.1, 0.15) is 15.9 Å². The molecule has 0 aliphatic carbocycles. The first-order chi connectivity index (χ1) is 10.2. The van der Waals surface area contributed by atoms with Gasteiger partial charge in [0.1, 0.15) is 0 Å². The van der Waals surface area contributed by atoms with Crippen LogP contribution >= 0.6 is 0 Å². The molecule has 0 spiro atoms. The van der Waals surface area contributed by atoms with Crippen molar-refractivity contribution in [1.82, 2.24) is 4.98 Å². The lowest BCUT2D eigenvalue weighted by atomic mass is 10.0. The van der Waals surface area contributed by atoms with Gasteiger partial charge in [0.05, 0.1) is 14.2 Å². The molecule has 0 saturated carbocycles. The predicted molar refractivity (Wildman–Crippen MR) is 81.3 cm³/mol. The highest BCUT2D eigenvalue weighted by Gasteiger charge is 2.16. The molecule has 0 atom stereocenters. The van der Waals surface area contributed by atoms with Crippen molar-refractivity contribution in [3.05, 3.63) is 59.8 Å². The Morgan fingerprint density at radius 3 is 2.52 bits per heavy atom. The number of rotatable bonds is 4. The smallest absolute Gasteiger partial charge is 0.195 e. The van der Waals surface area contributed by atoms with E-state index in [0.717, 1.165) is 10.9 Å². The van der Waals surface area contributed by atoms with Crippen molar-refractivity contribution in [3.63, 3.8) is 0 Å². The summed E-state index contributed by atoms with van der Waals surface area (Å²) in [5, 5.41) is 0.914. The van der Waals surface area contributed by atoms with Crippen molar-refractivity contribution in [2.45, 2.75) is 0 Å². The van der Waals surface area contributed by atoms with Crippen LogP contribution in [0.15, 0.2) is 48.7 Å². The average molecular weight is 281 g/mol. The number of aromatic amines is 1. The maximum Gasteiger partial charge on any atom is 0.195 e. The van der Waals surface area contributed by atoms with E-state index < -0.39 is 0 Å². The Labute approximate surface area is 122 Å². The van der Waals surface area contributed by atoms with E-state index in [9.17, 15) is 4.79 Å². The van der Waals surface area contributed by atoms with E-state index in [0.29, 0.717) is 22.6 Å². The van der Waals surface area contributed by atoms with E-state index in [1.165, 1.54) is 0 Å². The second kappa shape index (κ2) is 5.32. The van der Waals surface area contributed by atoms with Crippen LogP contribution in [-0.2, 0) is 0 Å². The molecule has 0 fully saturated rings. The number of carbonyl (C=O) groups is 1. The third-order valence-electron chi connectivity index (χ3n) is 3.48. The maximum absolute atomic E-state index is 12.7. The summed E-state index contributed by atoms with van der Waals surface area (Å²) in [5.74, 6) is 1.10. The molecule has 3 rings (SSSR count). The minimum atomic E-state index is -0.0478. The summed E-state index contributed by atoms with van der Waals surface area (Å²) in [6.07, 6.45) is 1.74. The van der Waals surface area contributed by atoms with Gasteiger partial charge < -0.3 is 14.5 Å². The number of hydrogen-bond donors (Lipinski definition) is 1. The number of H-pyrrole nitrogens is 1. The van der Waals surface area contributed by atoms with Gasteiger partial charge in [0, 0.05) is 28.2 Å². The first kappa shape index (κ1) is 13.2. The highest BCUT2D eigenvalue weighted by Crippen LogP contribution is 2.29. The second-order valence-electron chi connectivity index (χ2n) is 4.65. The van der Waals surface area contributed by atoms with E-state index in [1.54, 1.807) is 38.6 Å². The second-order valence-corrected chi connectivity index (χ2v) is 4.65. The van der Waals surface area contributed by atoms with Crippen molar-refractivity contribution < 1.29 is 14.3 Å². The SMILES string of the molecule is COc1ccc(C(=O)c2c[nH]c3ccccc23)cc1OC. The lowest BCUT2D eigenvalue weighted by Gasteiger charge is -2.08. The zero-order valence-corrected chi connectivity index (χ0v) is 11.8. The topological polar surface area (TPSA) is 51.3 Å². The van der Waals surface area contributed by atoms with Gasteiger partial charge in [-0.15, -0.1) is 0 Å². The maximum atomic E-state index is 12.7. The molecule has 0 aliphatic heterocycles. The molecule has 1 aromatic heterocycles. The number of ether oxygens (including phenoxy) is 2. The fourth-order valence-corrected chi connectivity index (χ4v) is 2.39. The molecule has 0 saturated heterocycles. The summed E-state index contributed by atoms with van der Waals surface area (Å²) in [5.41, 5.74) is 2.16. The summed E-state index contributed by atoms with van der Waals surface area (Å²) in [4.78, 5) is 15.8. The number of hydrogen-bond acceptors (Lipinski definition) is 3. The molecule has 3 aromatic rings. The van der Waals surface area contributed by atoms with Crippen LogP contribution in [-0.4, -0.2) is 25.0 Å². The number of nitrogens with one attached hydrogen (secondary N) is 1. The van der Waals surface area contributed by atoms with Crippen LogP contribution in [0.4, 0.5) is 0 Å². The van der Waals surface area contributed by atoms with Crippen LogP contribution in [0.2, 0.25) is 0 Å². The summed E-state index contributed by atoms with van der Waals surface area (Å²) in [6.45, 7) is 0. The van der Waals surface area contributed by atoms with Gasteiger partial charge in [0.15, 0.2) is 17.3 Å². The van der Waals surface area contributed by atoms with Gasteiger partial charge >= 0.3 is 0 Å². The molecule has 106 valence electrons. The Hall–Kier alpha value is -2.75. The summed E-state index contributed by atoms with van der Waals surface area (Å²) >= 11 is 0. The van der Waals surface area contributed by atoms with Crippen molar-refractivity contribution in [1.29, 1.82) is 0 Å². The molecule has 1 heterocycles. The van der Waals surface area contributed by atoms with Crippen molar-refractivity contribution in [2.24, 2.45) is 0 Å². The molecule has 0 aliphatic rings. The molecule has 0 bridgehead atoms. The van der Waals surface area contributed by atoms with Gasteiger partial charge in [-0.3, -0.25) is 4.79 Å². The van der Waals surface area contributed by atoms with E-state index in [4.69, 9.17) is 9.47 Å². The Morgan fingerprint density at radius 2 is 1.76 bits per heavy atom. The molecule has 1 N–H and O–H groups in total. The van der Waals surface area contributed by atoms with Crippen molar-refractivity contribution >= 4 is 16.7 Å². The molecular weight excluding hydrogens is 266 g/mol. The van der Waals surface area contributed by atoms with E-state index in [1.807, 2.05) is 24.3 Å². The fourth-order valence-electron chi connectivity index (χ4n) is 2.39. The van der Waals surface area contributed by atoms with Gasteiger partial charge in [0.2, 0.25) is 0 Å². The monoisotopic (exact) mass is 281 g/mol. The van der Waals surface area contributed by atoms with Crippen molar-refractivity contribution in [3.8, 4) is 11.5 Å². The number of ketones is 1. The highest BCUT2D eigenvalue weighted by atomic mass is 16.5. The number of para-hydroxylation sites is 1. The molecule has 21 heavy (non-hydrogen) atoms. The molecule has 0 unspecified atom stereocenters. The molecule has 4 nitrogen and oxygen atoms in total. The summed E-state index contributed by atoms with van der Waals surface area (Å²) in [6, 6.07) is 12.9. The fraction of sp³-hybridized carbons (Fsp3) is 0.118. The van der Waals surface area contributed by atoms with Crippen LogP contribution in [0.5, 0.6) is 11.5 Å². The Morgan fingerprint density at radius 1 is 1.00 bits per heavy atom. The zero-order chi connectivity index (χ0) is 14.8. The molecular formula is C17H15NO3. The van der Waals surface area contributed by atoms with Gasteiger partial charge in [-0.25, -0.2) is 0 Å². The number of benzene rings is 2. The number of fused-ring (bicyclic) bond motifs is 1. The Balaban J connectivity index is 2.06. The van der Waals surface area contributed by atoms with Crippen LogP contribution < -0.4 is 9.47 Å². The number of methoxy groups -OCH3 is 2. The predicted octanol–water partition coefficient (Wildman–Crippen LogP) is 3.42. The standard InChI is InChI=1S/C17H15NO3/c1-20-15-8-7-11(9-16(15)21-2)17(19)13-10-18-14-6-4-3-5-12(13)14/h3-10,18H,1-2H3. The minimum Gasteiger partial charge on any atom is -0.493 e. The Bertz CT molecular complexity index is 805. The quantitative estimate of drug-likeness (QED) is 0.745.